The second kappa shape index (κ2) is 5.76. The summed E-state index contributed by atoms with van der Waals surface area (Å²) in [5, 5.41) is 3.98. The Bertz CT molecular complexity index is 750. The van der Waals surface area contributed by atoms with Crippen LogP contribution in [0, 0.1) is 0 Å². The van der Waals surface area contributed by atoms with E-state index >= 15 is 0 Å². The monoisotopic (exact) mass is 413 g/mol. The van der Waals surface area contributed by atoms with Gasteiger partial charge in [0.05, 0.1) is 11.0 Å². The van der Waals surface area contributed by atoms with Crippen LogP contribution in [0.25, 0.3) is 11.0 Å². The van der Waals surface area contributed by atoms with Gasteiger partial charge >= 0.3 is 0 Å². The van der Waals surface area contributed by atoms with Crippen molar-refractivity contribution < 1.29 is 0 Å². The van der Waals surface area contributed by atoms with Crippen LogP contribution in [0.3, 0.4) is 0 Å². The van der Waals surface area contributed by atoms with Gasteiger partial charge in [-0.1, -0.05) is 43.5 Å². The number of H-pyrrole nitrogens is 1. The van der Waals surface area contributed by atoms with Crippen LogP contribution < -0.4 is 5.32 Å². The van der Waals surface area contributed by atoms with Crippen molar-refractivity contribution in [2.24, 2.45) is 0 Å². The van der Waals surface area contributed by atoms with Gasteiger partial charge < -0.3 is 10.3 Å². The van der Waals surface area contributed by atoms with Gasteiger partial charge in [0.1, 0.15) is 0 Å². The van der Waals surface area contributed by atoms with Crippen molar-refractivity contribution in [1.29, 1.82) is 0 Å². The molecule has 102 valence electrons. The molecule has 0 saturated carbocycles. The number of hydrogen-bond acceptors (Lipinski definition) is 2. The van der Waals surface area contributed by atoms with Crippen molar-refractivity contribution in [2.75, 3.05) is 5.32 Å². The lowest BCUT2D eigenvalue weighted by atomic mass is 10.2. The Labute approximate surface area is 138 Å². The number of hydrogen-bond donors (Lipinski definition) is 2. The third-order valence-electron chi connectivity index (χ3n) is 2.83. The predicted molar refractivity (Wildman–Crippen MR) is 90.3 cm³/mol. The summed E-state index contributed by atoms with van der Waals surface area (Å²) in [6, 6.07) is 11.8. The predicted octanol–water partition coefficient (Wildman–Crippen LogP) is 5.35. The normalized spacial score (nSPS) is 10.9. The zero-order valence-electron chi connectivity index (χ0n) is 10.3. The summed E-state index contributed by atoms with van der Waals surface area (Å²) in [4.78, 5) is 7.72. The molecule has 3 rings (SSSR count). The average Bonchev–Trinajstić information content (AvgIpc) is 2.77. The summed E-state index contributed by atoms with van der Waals surface area (Å²) >= 11 is 12.9. The number of aromatic amines is 1. The summed E-state index contributed by atoms with van der Waals surface area (Å²) < 4.78 is 1.99. The Hall–Kier alpha value is -1.04. The van der Waals surface area contributed by atoms with Crippen molar-refractivity contribution in [1.82, 2.24) is 9.97 Å². The molecular weight excluding hydrogens is 405 g/mol. The summed E-state index contributed by atoms with van der Waals surface area (Å²) in [5.74, 6) is 0.745. The highest BCUT2D eigenvalue weighted by Gasteiger charge is 2.04. The first-order valence-corrected chi connectivity index (χ1v) is 7.91. The fourth-order valence-corrected chi connectivity index (χ4v) is 3.26. The van der Waals surface area contributed by atoms with E-state index in [1.165, 1.54) is 0 Å². The topological polar surface area (TPSA) is 40.7 Å². The maximum Gasteiger partial charge on any atom is 0.201 e. The molecule has 0 fully saturated rings. The number of anilines is 1. The number of benzene rings is 2. The molecule has 0 atom stereocenters. The zero-order chi connectivity index (χ0) is 14.1. The van der Waals surface area contributed by atoms with Crippen LogP contribution in [0.2, 0.25) is 5.02 Å². The van der Waals surface area contributed by atoms with Gasteiger partial charge in [0.25, 0.3) is 0 Å². The van der Waals surface area contributed by atoms with Gasteiger partial charge in [-0.05, 0) is 42.0 Å². The second-order valence-electron chi connectivity index (χ2n) is 4.38. The van der Waals surface area contributed by atoms with Crippen molar-refractivity contribution in [3.8, 4) is 0 Å². The third kappa shape index (κ3) is 3.16. The van der Waals surface area contributed by atoms with Crippen LogP contribution in [-0.4, -0.2) is 9.97 Å². The van der Waals surface area contributed by atoms with E-state index in [-0.39, 0.29) is 0 Å². The van der Waals surface area contributed by atoms with Crippen molar-refractivity contribution in [2.45, 2.75) is 6.54 Å². The molecule has 0 aliphatic heterocycles. The van der Waals surface area contributed by atoms with E-state index in [0.717, 1.165) is 31.5 Å². The van der Waals surface area contributed by atoms with Gasteiger partial charge in [0, 0.05) is 20.5 Å². The van der Waals surface area contributed by atoms with Crippen LogP contribution >= 0.6 is 43.5 Å². The molecule has 0 aliphatic rings. The Morgan fingerprint density at radius 2 is 1.95 bits per heavy atom. The molecule has 0 unspecified atom stereocenters. The molecule has 6 heteroatoms. The molecule has 0 radical (unpaired) electrons. The number of fused-ring (bicyclic) bond motifs is 1. The first-order valence-electron chi connectivity index (χ1n) is 5.94. The van der Waals surface area contributed by atoms with E-state index in [2.05, 4.69) is 47.1 Å². The molecule has 0 amide bonds. The standard InChI is InChI=1S/C14H10Br2ClN3/c15-9-1-2-12-13(6-9)20-14(19-12)18-7-8-3-10(16)5-11(17)4-8/h1-6H,7H2,(H2,18,19,20). The Morgan fingerprint density at radius 1 is 1.10 bits per heavy atom. The molecule has 0 bridgehead atoms. The fraction of sp³-hybridized carbons (Fsp3) is 0.0714. The molecule has 0 aliphatic carbocycles. The highest BCUT2D eigenvalue weighted by atomic mass is 79.9. The minimum absolute atomic E-state index is 0.653. The third-order valence-corrected chi connectivity index (χ3v) is 4.00. The minimum Gasteiger partial charge on any atom is -0.352 e. The van der Waals surface area contributed by atoms with Crippen LogP contribution in [0.1, 0.15) is 5.56 Å². The minimum atomic E-state index is 0.653. The number of rotatable bonds is 3. The Kier molecular flexibility index (Phi) is 4.01. The van der Waals surface area contributed by atoms with Gasteiger partial charge in [0.2, 0.25) is 5.95 Å². The fourth-order valence-electron chi connectivity index (χ4n) is 1.96. The first-order chi connectivity index (χ1) is 9.60. The van der Waals surface area contributed by atoms with Crippen LogP contribution in [0.4, 0.5) is 5.95 Å². The number of halogens is 3. The Balaban J connectivity index is 1.79. The highest BCUT2D eigenvalue weighted by Crippen LogP contribution is 2.22. The lowest BCUT2D eigenvalue weighted by Gasteiger charge is -2.04. The first kappa shape index (κ1) is 13.9. The smallest absolute Gasteiger partial charge is 0.201 e. The van der Waals surface area contributed by atoms with Gasteiger partial charge in [-0.25, -0.2) is 4.98 Å². The van der Waals surface area contributed by atoms with Crippen molar-refractivity contribution in [3.05, 3.63) is 55.9 Å². The van der Waals surface area contributed by atoms with E-state index in [4.69, 9.17) is 11.6 Å². The SMILES string of the molecule is Clc1cc(Br)cc(CNc2nc3ccc(Br)cc3[nH]2)c1. The van der Waals surface area contributed by atoms with E-state index in [1.807, 2.05) is 36.4 Å². The molecule has 1 heterocycles. The van der Waals surface area contributed by atoms with Crippen LogP contribution in [-0.2, 0) is 6.54 Å². The van der Waals surface area contributed by atoms with Crippen LogP contribution in [0.15, 0.2) is 45.3 Å². The summed E-state index contributed by atoms with van der Waals surface area (Å²) in [5.41, 5.74) is 3.02. The van der Waals surface area contributed by atoms with E-state index < -0.39 is 0 Å². The molecule has 1 aromatic heterocycles. The zero-order valence-corrected chi connectivity index (χ0v) is 14.2. The molecular formula is C14H10Br2ClN3. The van der Waals surface area contributed by atoms with Crippen molar-refractivity contribution >= 4 is 60.4 Å². The largest absolute Gasteiger partial charge is 0.352 e. The maximum atomic E-state index is 6.03. The van der Waals surface area contributed by atoms with E-state index in [9.17, 15) is 0 Å². The lowest BCUT2D eigenvalue weighted by Crippen LogP contribution is -2.00. The summed E-state index contributed by atoms with van der Waals surface area (Å²) in [6.07, 6.45) is 0. The molecule has 2 aromatic carbocycles. The van der Waals surface area contributed by atoms with Gasteiger partial charge in [-0.2, -0.15) is 0 Å². The number of nitrogens with zero attached hydrogens (tertiary/aromatic N) is 1. The molecule has 20 heavy (non-hydrogen) atoms. The van der Waals surface area contributed by atoms with E-state index in [0.29, 0.717) is 11.6 Å². The number of aromatic nitrogens is 2. The molecule has 0 saturated heterocycles. The Morgan fingerprint density at radius 3 is 2.75 bits per heavy atom. The maximum absolute atomic E-state index is 6.03. The molecule has 3 nitrogen and oxygen atoms in total. The average molecular weight is 416 g/mol. The summed E-state index contributed by atoms with van der Waals surface area (Å²) in [7, 11) is 0. The number of imidazole rings is 1. The molecule has 0 spiro atoms. The molecule has 2 N–H and O–H groups in total. The molecule has 3 aromatic rings. The van der Waals surface area contributed by atoms with Gasteiger partial charge in [-0.3, -0.25) is 0 Å². The van der Waals surface area contributed by atoms with Gasteiger partial charge in [0.15, 0.2) is 0 Å². The van der Waals surface area contributed by atoms with Gasteiger partial charge in [-0.15, -0.1) is 0 Å². The lowest BCUT2D eigenvalue weighted by molar-refractivity contribution is 1.10. The van der Waals surface area contributed by atoms with Crippen LogP contribution in [0.5, 0.6) is 0 Å². The quantitative estimate of drug-likeness (QED) is 0.605. The summed E-state index contributed by atoms with van der Waals surface area (Å²) in [6.45, 7) is 0.653. The van der Waals surface area contributed by atoms with Crippen molar-refractivity contribution in [3.63, 3.8) is 0 Å². The highest BCUT2D eigenvalue weighted by molar-refractivity contribution is 9.10. The van der Waals surface area contributed by atoms with E-state index in [1.54, 1.807) is 0 Å². The number of nitrogens with one attached hydrogen (secondary N) is 2. The second-order valence-corrected chi connectivity index (χ2v) is 6.65.